The highest BCUT2D eigenvalue weighted by Crippen LogP contribution is 2.07. The van der Waals surface area contributed by atoms with Gasteiger partial charge in [-0.05, 0) is 40.2 Å². The lowest BCUT2D eigenvalue weighted by molar-refractivity contribution is 0.646. The van der Waals surface area contributed by atoms with E-state index in [0.717, 1.165) is 10.2 Å². The van der Waals surface area contributed by atoms with Gasteiger partial charge in [-0.2, -0.15) is 0 Å². The highest BCUT2D eigenvalue weighted by Gasteiger charge is 2.06. The Morgan fingerprint density at radius 2 is 2.11 bits per heavy atom. The molecule has 0 radical (unpaired) electrons. The molecular formula is C12H9BrN4O. The molecule has 5 nitrogen and oxygen atoms in total. The Morgan fingerprint density at radius 1 is 1.22 bits per heavy atom. The third-order valence-electron chi connectivity index (χ3n) is 2.59. The number of rotatable bonds is 2. The molecule has 0 N–H and O–H groups in total. The zero-order valence-corrected chi connectivity index (χ0v) is 10.9. The van der Waals surface area contributed by atoms with E-state index in [1.165, 1.54) is 9.08 Å². The molecule has 0 atom stereocenters. The van der Waals surface area contributed by atoms with E-state index in [4.69, 9.17) is 0 Å². The summed E-state index contributed by atoms with van der Waals surface area (Å²) < 4.78 is 3.83. The third kappa shape index (κ3) is 1.95. The SMILES string of the molecule is O=c1n(Cc2ccc(Br)cn2)nc2ccccn12. The minimum absolute atomic E-state index is 0.157. The number of hydrogen-bond acceptors (Lipinski definition) is 3. The minimum atomic E-state index is -0.157. The molecule has 0 aliphatic carbocycles. The molecule has 0 aliphatic rings. The maximum atomic E-state index is 12.0. The van der Waals surface area contributed by atoms with E-state index in [1.807, 2.05) is 18.2 Å². The van der Waals surface area contributed by atoms with E-state index in [0.29, 0.717) is 12.2 Å². The van der Waals surface area contributed by atoms with Crippen molar-refractivity contribution in [2.24, 2.45) is 0 Å². The first-order valence-electron chi connectivity index (χ1n) is 5.39. The number of aromatic nitrogens is 4. The Bertz CT molecular complexity index is 745. The molecule has 3 aromatic rings. The highest BCUT2D eigenvalue weighted by molar-refractivity contribution is 9.10. The molecule has 3 rings (SSSR count). The van der Waals surface area contributed by atoms with E-state index in [-0.39, 0.29) is 5.69 Å². The number of hydrogen-bond donors (Lipinski definition) is 0. The summed E-state index contributed by atoms with van der Waals surface area (Å²) in [5.74, 6) is 0. The third-order valence-corrected chi connectivity index (χ3v) is 3.06. The molecule has 90 valence electrons. The number of halogens is 1. The summed E-state index contributed by atoms with van der Waals surface area (Å²) in [6.45, 7) is 0.369. The number of nitrogens with zero attached hydrogens (tertiary/aromatic N) is 4. The average Bonchev–Trinajstić information content (AvgIpc) is 2.70. The molecule has 3 aromatic heterocycles. The molecule has 0 amide bonds. The van der Waals surface area contributed by atoms with Gasteiger partial charge in [-0.1, -0.05) is 6.07 Å². The van der Waals surface area contributed by atoms with Crippen LogP contribution in [0.5, 0.6) is 0 Å². The van der Waals surface area contributed by atoms with Crippen LogP contribution in [0, 0.1) is 0 Å². The van der Waals surface area contributed by atoms with Gasteiger partial charge in [0.05, 0.1) is 12.2 Å². The fourth-order valence-electron chi connectivity index (χ4n) is 1.72. The Hall–Kier alpha value is -1.95. The van der Waals surface area contributed by atoms with Crippen molar-refractivity contribution in [2.45, 2.75) is 6.54 Å². The highest BCUT2D eigenvalue weighted by atomic mass is 79.9. The summed E-state index contributed by atoms with van der Waals surface area (Å²) in [5, 5.41) is 4.25. The molecule has 0 bridgehead atoms. The van der Waals surface area contributed by atoms with Crippen LogP contribution in [0.25, 0.3) is 5.65 Å². The molecule has 0 saturated carbocycles. The van der Waals surface area contributed by atoms with E-state index in [2.05, 4.69) is 26.0 Å². The number of fused-ring (bicyclic) bond motifs is 1. The van der Waals surface area contributed by atoms with Gasteiger partial charge in [0, 0.05) is 16.9 Å². The van der Waals surface area contributed by atoms with Gasteiger partial charge < -0.3 is 0 Å². The average molecular weight is 305 g/mol. The van der Waals surface area contributed by atoms with Crippen LogP contribution in [0.1, 0.15) is 5.69 Å². The molecule has 18 heavy (non-hydrogen) atoms. The second kappa shape index (κ2) is 4.38. The van der Waals surface area contributed by atoms with Crippen molar-refractivity contribution in [3.63, 3.8) is 0 Å². The lowest BCUT2D eigenvalue weighted by Gasteiger charge is -1.98. The van der Waals surface area contributed by atoms with Gasteiger partial charge in [0.1, 0.15) is 0 Å². The van der Waals surface area contributed by atoms with Gasteiger partial charge in [0.25, 0.3) is 0 Å². The molecule has 0 saturated heterocycles. The molecule has 0 spiro atoms. The normalized spacial score (nSPS) is 10.9. The quantitative estimate of drug-likeness (QED) is 0.724. The summed E-state index contributed by atoms with van der Waals surface area (Å²) in [4.78, 5) is 16.3. The van der Waals surface area contributed by atoms with E-state index in [1.54, 1.807) is 24.5 Å². The molecular weight excluding hydrogens is 296 g/mol. The van der Waals surface area contributed by atoms with Crippen molar-refractivity contribution in [2.75, 3.05) is 0 Å². The molecule has 3 heterocycles. The predicted octanol–water partition coefficient (Wildman–Crippen LogP) is 1.70. The van der Waals surface area contributed by atoms with Crippen molar-refractivity contribution in [3.05, 3.63) is 63.4 Å². The van der Waals surface area contributed by atoms with Crippen molar-refractivity contribution < 1.29 is 0 Å². The molecule has 0 aromatic carbocycles. The maximum absolute atomic E-state index is 12.0. The van der Waals surface area contributed by atoms with Crippen LogP contribution in [0.2, 0.25) is 0 Å². The van der Waals surface area contributed by atoms with Crippen LogP contribution >= 0.6 is 15.9 Å². The lowest BCUT2D eigenvalue weighted by Crippen LogP contribution is -2.21. The zero-order valence-electron chi connectivity index (χ0n) is 9.32. The summed E-state index contributed by atoms with van der Waals surface area (Å²) in [7, 11) is 0. The number of pyridine rings is 2. The Morgan fingerprint density at radius 3 is 2.83 bits per heavy atom. The van der Waals surface area contributed by atoms with Crippen LogP contribution in [0.4, 0.5) is 0 Å². The molecule has 0 unspecified atom stereocenters. The van der Waals surface area contributed by atoms with Gasteiger partial charge >= 0.3 is 5.69 Å². The smallest absolute Gasteiger partial charge is 0.258 e. The van der Waals surface area contributed by atoms with Gasteiger partial charge in [-0.15, -0.1) is 5.10 Å². The van der Waals surface area contributed by atoms with Crippen LogP contribution in [0.15, 0.2) is 52.0 Å². The fourth-order valence-corrected chi connectivity index (χ4v) is 1.96. The Balaban J connectivity index is 2.02. The summed E-state index contributed by atoms with van der Waals surface area (Å²) in [6.07, 6.45) is 3.41. The van der Waals surface area contributed by atoms with E-state index < -0.39 is 0 Å². The molecule has 0 fully saturated rings. The standard InChI is InChI=1S/C12H9BrN4O/c13-9-4-5-10(14-7-9)8-17-12(18)16-6-2-1-3-11(16)15-17/h1-7H,8H2. The van der Waals surface area contributed by atoms with Crippen LogP contribution < -0.4 is 5.69 Å². The predicted molar refractivity (Wildman–Crippen MR) is 70.5 cm³/mol. The van der Waals surface area contributed by atoms with Gasteiger partial charge in [0.2, 0.25) is 0 Å². The van der Waals surface area contributed by atoms with Gasteiger partial charge in [-0.3, -0.25) is 9.38 Å². The van der Waals surface area contributed by atoms with Crippen LogP contribution in [-0.2, 0) is 6.54 Å². The van der Waals surface area contributed by atoms with Crippen LogP contribution in [0.3, 0.4) is 0 Å². The first-order valence-corrected chi connectivity index (χ1v) is 6.18. The van der Waals surface area contributed by atoms with Crippen molar-refractivity contribution >= 4 is 21.6 Å². The maximum Gasteiger partial charge on any atom is 0.350 e. The first-order chi connectivity index (χ1) is 8.74. The lowest BCUT2D eigenvalue weighted by atomic mass is 10.3. The Kier molecular flexibility index (Phi) is 2.71. The molecule has 0 aliphatic heterocycles. The topological polar surface area (TPSA) is 52.2 Å². The summed E-state index contributed by atoms with van der Waals surface area (Å²) >= 11 is 3.32. The van der Waals surface area contributed by atoms with E-state index in [9.17, 15) is 4.79 Å². The van der Waals surface area contributed by atoms with Gasteiger partial charge in [-0.25, -0.2) is 9.48 Å². The van der Waals surface area contributed by atoms with Crippen molar-refractivity contribution in [1.29, 1.82) is 0 Å². The second-order valence-electron chi connectivity index (χ2n) is 3.84. The van der Waals surface area contributed by atoms with Crippen molar-refractivity contribution in [1.82, 2.24) is 19.2 Å². The minimum Gasteiger partial charge on any atom is -0.258 e. The van der Waals surface area contributed by atoms with Crippen molar-refractivity contribution in [3.8, 4) is 0 Å². The first kappa shape index (κ1) is 11.2. The Labute approximate surface area is 111 Å². The molecule has 6 heteroatoms. The van der Waals surface area contributed by atoms with E-state index >= 15 is 0 Å². The fraction of sp³-hybridized carbons (Fsp3) is 0.0833. The second-order valence-corrected chi connectivity index (χ2v) is 4.75. The van der Waals surface area contributed by atoms with Gasteiger partial charge in [0.15, 0.2) is 5.65 Å². The summed E-state index contributed by atoms with van der Waals surface area (Å²) in [5.41, 5.74) is 1.28. The zero-order chi connectivity index (χ0) is 12.5. The summed E-state index contributed by atoms with van der Waals surface area (Å²) in [6, 6.07) is 9.21. The largest absolute Gasteiger partial charge is 0.350 e. The van der Waals surface area contributed by atoms with Crippen LogP contribution in [-0.4, -0.2) is 19.2 Å². The monoisotopic (exact) mass is 304 g/mol.